The van der Waals surface area contributed by atoms with Crippen molar-refractivity contribution in [1.82, 2.24) is 5.32 Å². The van der Waals surface area contributed by atoms with Gasteiger partial charge in [-0.05, 0) is 25.3 Å². The molecular weight excluding hydrogens is 205 g/mol. The molecule has 0 bridgehead atoms. The van der Waals surface area contributed by atoms with Crippen LogP contribution in [0.25, 0.3) is 0 Å². The summed E-state index contributed by atoms with van der Waals surface area (Å²) in [4.78, 5) is 0. The van der Waals surface area contributed by atoms with Crippen molar-refractivity contribution >= 4 is 23.2 Å². The molecule has 3 heteroatoms. The second-order valence-corrected chi connectivity index (χ2v) is 3.92. The number of rotatable bonds is 6. The summed E-state index contributed by atoms with van der Waals surface area (Å²) in [6.45, 7) is 7.12. The summed E-state index contributed by atoms with van der Waals surface area (Å²) in [5.41, 5.74) is 2.82. The molecule has 78 valence electrons. The van der Waals surface area contributed by atoms with Crippen LogP contribution in [0.1, 0.15) is 33.6 Å². The standard InChI is InChI=1S/C10H19Cl2N/c1-4-10(5-2,8-12)13-7-9(3)6-11/h6,13H,4-5,7-8H2,1-3H3. The second kappa shape index (κ2) is 6.69. The topological polar surface area (TPSA) is 12.0 Å². The predicted molar refractivity (Wildman–Crippen MR) is 61.6 cm³/mol. The molecule has 0 spiro atoms. The quantitative estimate of drug-likeness (QED) is 0.680. The summed E-state index contributed by atoms with van der Waals surface area (Å²) in [6, 6.07) is 0. The summed E-state index contributed by atoms with van der Waals surface area (Å²) in [5, 5.41) is 3.45. The molecule has 0 rings (SSSR count). The van der Waals surface area contributed by atoms with E-state index < -0.39 is 0 Å². The Bertz CT molecular complexity index is 154. The third-order valence-electron chi connectivity index (χ3n) is 2.54. The maximum atomic E-state index is 5.94. The Balaban J connectivity index is 4.10. The molecule has 0 atom stereocenters. The number of hydrogen-bond acceptors (Lipinski definition) is 1. The van der Waals surface area contributed by atoms with Gasteiger partial charge in [0.1, 0.15) is 0 Å². The fraction of sp³-hybridized carbons (Fsp3) is 0.800. The van der Waals surface area contributed by atoms with E-state index in [1.807, 2.05) is 6.92 Å². The van der Waals surface area contributed by atoms with Crippen LogP contribution < -0.4 is 5.32 Å². The van der Waals surface area contributed by atoms with Gasteiger partial charge in [-0.15, -0.1) is 11.6 Å². The van der Waals surface area contributed by atoms with Crippen LogP contribution in [0.4, 0.5) is 0 Å². The Morgan fingerprint density at radius 2 is 1.92 bits per heavy atom. The SMILES string of the molecule is CCC(CC)(CCl)NCC(C)=CCl. The van der Waals surface area contributed by atoms with E-state index in [0.717, 1.165) is 25.0 Å². The van der Waals surface area contributed by atoms with Crippen molar-refractivity contribution < 1.29 is 0 Å². The van der Waals surface area contributed by atoms with Gasteiger partial charge in [-0.3, -0.25) is 0 Å². The molecule has 0 aliphatic carbocycles. The van der Waals surface area contributed by atoms with Crippen LogP contribution in [0.3, 0.4) is 0 Å². The maximum Gasteiger partial charge on any atom is 0.0405 e. The van der Waals surface area contributed by atoms with E-state index in [0.29, 0.717) is 5.88 Å². The van der Waals surface area contributed by atoms with Crippen molar-refractivity contribution in [2.24, 2.45) is 0 Å². The average Bonchev–Trinajstić information content (AvgIpc) is 2.20. The normalized spacial score (nSPS) is 13.5. The van der Waals surface area contributed by atoms with Crippen LogP contribution in [0.15, 0.2) is 11.1 Å². The van der Waals surface area contributed by atoms with E-state index >= 15 is 0 Å². The molecule has 0 amide bonds. The van der Waals surface area contributed by atoms with Gasteiger partial charge in [0.25, 0.3) is 0 Å². The second-order valence-electron chi connectivity index (χ2n) is 3.43. The minimum absolute atomic E-state index is 0.0721. The van der Waals surface area contributed by atoms with E-state index in [1.165, 1.54) is 0 Å². The molecule has 0 saturated carbocycles. The van der Waals surface area contributed by atoms with Crippen molar-refractivity contribution in [2.45, 2.75) is 39.2 Å². The lowest BCUT2D eigenvalue weighted by atomic mass is 9.95. The zero-order valence-corrected chi connectivity index (χ0v) is 10.2. The highest BCUT2D eigenvalue weighted by molar-refractivity contribution is 6.25. The highest BCUT2D eigenvalue weighted by Crippen LogP contribution is 2.17. The smallest absolute Gasteiger partial charge is 0.0405 e. The Morgan fingerprint density at radius 3 is 2.23 bits per heavy atom. The van der Waals surface area contributed by atoms with Gasteiger partial charge >= 0.3 is 0 Å². The van der Waals surface area contributed by atoms with Crippen molar-refractivity contribution in [2.75, 3.05) is 12.4 Å². The largest absolute Gasteiger partial charge is 0.306 e. The number of hydrogen-bond donors (Lipinski definition) is 1. The summed E-state index contributed by atoms with van der Waals surface area (Å²) >= 11 is 11.5. The van der Waals surface area contributed by atoms with Gasteiger partial charge in [0.05, 0.1) is 0 Å². The van der Waals surface area contributed by atoms with E-state index in [-0.39, 0.29) is 5.54 Å². The number of alkyl halides is 1. The molecule has 0 aromatic carbocycles. The van der Waals surface area contributed by atoms with Crippen molar-refractivity contribution in [3.05, 3.63) is 11.1 Å². The summed E-state index contributed by atoms with van der Waals surface area (Å²) < 4.78 is 0. The minimum atomic E-state index is 0.0721. The molecule has 1 nitrogen and oxygen atoms in total. The third kappa shape index (κ3) is 4.35. The molecule has 0 aromatic rings. The van der Waals surface area contributed by atoms with Crippen molar-refractivity contribution in [3.63, 3.8) is 0 Å². The predicted octanol–water partition coefficient (Wildman–Crippen LogP) is 3.52. The summed E-state index contributed by atoms with van der Waals surface area (Å²) in [6.07, 6.45) is 2.09. The fourth-order valence-electron chi connectivity index (χ4n) is 1.10. The van der Waals surface area contributed by atoms with Gasteiger partial charge in [-0.25, -0.2) is 0 Å². The zero-order valence-electron chi connectivity index (χ0n) is 8.66. The average molecular weight is 224 g/mol. The van der Waals surface area contributed by atoms with Gasteiger partial charge < -0.3 is 5.32 Å². The van der Waals surface area contributed by atoms with Crippen LogP contribution in [-0.4, -0.2) is 18.0 Å². The lowest BCUT2D eigenvalue weighted by molar-refractivity contribution is 0.348. The van der Waals surface area contributed by atoms with Gasteiger partial charge in [0.15, 0.2) is 0 Å². The monoisotopic (exact) mass is 223 g/mol. The molecule has 0 aromatic heterocycles. The Labute approximate surface area is 91.5 Å². The molecule has 0 unspecified atom stereocenters. The maximum absolute atomic E-state index is 5.94. The summed E-state index contributed by atoms with van der Waals surface area (Å²) in [5.74, 6) is 0.648. The fourth-order valence-corrected chi connectivity index (χ4v) is 1.65. The highest BCUT2D eigenvalue weighted by Gasteiger charge is 2.23. The van der Waals surface area contributed by atoms with Crippen LogP contribution in [0, 0.1) is 0 Å². The van der Waals surface area contributed by atoms with Crippen LogP contribution >= 0.6 is 23.2 Å². The molecule has 0 radical (unpaired) electrons. The Morgan fingerprint density at radius 1 is 1.38 bits per heavy atom. The van der Waals surface area contributed by atoms with Gasteiger partial charge in [-0.1, -0.05) is 25.4 Å². The number of nitrogens with one attached hydrogen (secondary N) is 1. The molecule has 0 heterocycles. The first-order valence-corrected chi connectivity index (χ1v) is 5.68. The highest BCUT2D eigenvalue weighted by atomic mass is 35.5. The van der Waals surface area contributed by atoms with Crippen molar-refractivity contribution in [3.8, 4) is 0 Å². The number of halogens is 2. The molecule has 0 aliphatic heterocycles. The van der Waals surface area contributed by atoms with Crippen LogP contribution in [-0.2, 0) is 0 Å². The van der Waals surface area contributed by atoms with Crippen molar-refractivity contribution in [1.29, 1.82) is 0 Å². The molecule has 0 aliphatic rings. The van der Waals surface area contributed by atoms with Gasteiger partial charge in [-0.2, -0.15) is 0 Å². The first-order chi connectivity index (χ1) is 6.14. The molecule has 0 fully saturated rings. The Kier molecular flexibility index (Phi) is 6.84. The van der Waals surface area contributed by atoms with Crippen LogP contribution in [0.2, 0.25) is 0 Å². The van der Waals surface area contributed by atoms with E-state index in [9.17, 15) is 0 Å². The summed E-state index contributed by atoms with van der Waals surface area (Å²) in [7, 11) is 0. The van der Waals surface area contributed by atoms with E-state index in [4.69, 9.17) is 23.2 Å². The Hall–Kier alpha value is 0.280. The molecule has 1 N–H and O–H groups in total. The van der Waals surface area contributed by atoms with Crippen LogP contribution in [0.5, 0.6) is 0 Å². The van der Waals surface area contributed by atoms with Gasteiger partial charge in [0, 0.05) is 23.5 Å². The molecule has 13 heavy (non-hydrogen) atoms. The van der Waals surface area contributed by atoms with E-state index in [2.05, 4.69) is 19.2 Å². The molecular formula is C10H19Cl2N. The lowest BCUT2D eigenvalue weighted by Crippen LogP contribution is -2.46. The van der Waals surface area contributed by atoms with E-state index in [1.54, 1.807) is 5.54 Å². The third-order valence-corrected chi connectivity index (χ3v) is 3.42. The minimum Gasteiger partial charge on any atom is -0.306 e. The molecule has 0 saturated heterocycles. The first kappa shape index (κ1) is 13.3. The zero-order chi connectivity index (χ0) is 10.3. The van der Waals surface area contributed by atoms with Gasteiger partial charge in [0.2, 0.25) is 0 Å². The lowest BCUT2D eigenvalue weighted by Gasteiger charge is -2.31. The first-order valence-electron chi connectivity index (χ1n) is 4.71.